The van der Waals surface area contributed by atoms with Crippen LogP contribution >= 0.6 is 69.6 Å². The maximum absolute atomic E-state index is 11.8. The van der Waals surface area contributed by atoms with E-state index in [4.69, 9.17) is 89.7 Å². The summed E-state index contributed by atoms with van der Waals surface area (Å²) in [5, 5.41) is 28.8. The topological polar surface area (TPSA) is 125 Å². The maximum Gasteiger partial charge on any atom is 0.273 e. The first-order chi connectivity index (χ1) is 19.0. The van der Waals surface area contributed by atoms with Gasteiger partial charge >= 0.3 is 0 Å². The lowest BCUT2D eigenvalue weighted by atomic mass is 10.1. The number of amides is 1. The quantitative estimate of drug-likeness (QED) is 0.123. The minimum atomic E-state index is -0.345. The molecule has 0 saturated heterocycles. The van der Waals surface area contributed by atoms with Crippen LogP contribution in [0.25, 0.3) is 5.69 Å². The standard InChI is InChI=1S/C17H18Cl2N4O3.C8Cl4N2/c1-11(16(22-25-3)17(24)20-2)7-9-26-15-6-8-23(21-15)14-5-4-12(18)10-13(14)19;9-5-3(1-13)6(10)8(12)7(11)4(5)2-14/h4-8,10H,9H2,1-3H3,(H,20,24);/b11-7+,22-16+;. The molecule has 1 heterocycles. The Morgan fingerprint density at radius 2 is 1.68 bits per heavy atom. The van der Waals surface area contributed by atoms with Gasteiger partial charge in [-0.25, -0.2) is 4.68 Å². The molecule has 3 rings (SSSR count). The number of benzene rings is 2. The number of nitrogens with zero attached hydrogens (tertiary/aromatic N) is 5. The SMILES string of the molecule is CNC(=O)C(=N/OC)/C(C)=C/COc1ccn(-c2ccc(Cl)cc2Cl)n1.N#Cc1c(Cl)c(Cl)c(Cl)c(C#N)c1Cl. The van der Waals surface area contributed by atoms with Crippen molar-refractivity contribution in [2.24, 2.45) is 5.16 Å². The monoisotopic (exact) mass is 660 g/mol. The zero-order valence-electron chi connectivity index (χ0n) is 20.9. The van der Waals surface area contributed by atoms with E-state index in [2.05, 4.69) is 15.6 Å². The van der Waals surface area contributed by atoms with Gasteiger partial charge in [0.1, 0.15) is 25.9 Å². The van der Waals surface area contributed by atoms with Crippen molar-refractivity contribution in [1.29, 1.82) is 10.5 Å². The van der Waals surface area contributed by atoms with Crippen LogP contribution in [0, 0.1) is 22.7 Å². The van der Waals surface area contributed by atoms with E-state index in [9.17, 15) is 4.79 Å². The number of halogens is 6. The van der Waals surface area contributed by atoms with E-state index >= 15 is 0 Å². The second-order valence-electron chi connectivity index (χ2n) is 7.32. The first kappa shape index (κ1) is 33.1. The summed E-state index contributed by atoms with van der Waals surface area (Å²) in [6.45, 7) is 1.94. The number of carbonyl (C=O) groups is 1. The molecule has 3 aromatic rings. The molecule has 15 heteroatoms. The number of nitrogens with one attached hydrogen (secondary N) is 1. The lowest BCUT2D eigenvalue weighted by Gasteiger charge is -2.06. The number of ether oxygens (including phenoxy) is 1. The molecule has 1 amide bonds. The van der Waals surface area contributed by atoms with E-state index in [-0.39, 0.29) is 49.4 Å². The van der Waals surface area contributed by atoms with Gasteiger partial charge in [0.15, 0.2) is 5.71 Å². The van der Waals surface area contributed by atoms with E-state index < -0.39 is 0 Å². The van der Waals surface area contributed by atoms with Crippen molar-refractivity contribution in [1.82, 2.24) is 15.1 Å². The molecule has 0 unspecified atom stereocenters. The van der Waals surface area contributed by atoms with Gasteiger partial charge in [-0.15, -0.1) is 5.10 Å². The highest BCUT2D eigenvalue weighted by molar-refractivity contribution is 6.50. The van der Waals surface area contributed by atoms with Gasteiger partial charge in [0.05, 0.1) is 41.9 Å². The third kappa shape index (κ3) is 8.18. The number of hydrogen-bond donors (Lipinski definition) is 1. The Kier molecular flexibility index (Phi) is 12.9. The molecule has 0 aliphatic carbocycles. The fourth-order valence-corrected chi connectivity index (χ4v) is 4.43. The molecule has 0 spiro atoms. The minimum absolute atomic E-state index is 0.0363. The first-order valence-corrected chi connectivity index (χ1v) is 13.1. The second kappa shape index (κ2) is 15.6. The van der Waals surface area contributed by atoms with E-state index in [1.807, 2.05) is 0 Å². The number of oxime groups is 1. The van der Waals surface area contributed by atoms with Crippen LogP contribution in [0.1, 0.15) is 18.1 Å². The van der Waals surface area contributed by atoms with Crippen molar-refractivity contribution in [3.05, 3.63) is 83.4 Å². The van der Waals surface area contributed by atoms with Crippen LogP contribution in [-0.2, 0) is 9.63 Å². The third-order valence-electron chi connectivity index (χ3n) is 4.83. The number of aromatic nitrogens is 2. The number of rotatable bonds is 7. The zero-order chi connectivity index (χ0) is 30.0. The molecular formula is C25H18Cl6N6O3. The van der Waals surface area contributed by atoms with E-state index in [0.717, 1.165) is 0 Å². The summed E-state index contributed by atoms with van der Waals surface area (Å²) in [4.78, 5) is 16.4. The molecule has 2 aromatic carbocycles. The Bertz CT molecular complexity index is 1510. The Morgan fingerprint density at radius 3 is 2.20 bits per heavy atom. The zero-order valence-corrected chi connectivity index (χ0v) is 25.4. The fraction of sp³-hybridized carbons (Fsp3) is 0.160. The van der Waals surface area contributed by atoms with Crippen LogP contribution in [0.15, 0.2) is 47.3 Å². The lowest BCUT2D eigenvalue weighted by molar-refractivity contribution is -0.114. The highest BCUT2D eigenvalue weighted by Crippen LogP contribution is 2.40. The van der Waals surface area contributed by atoms with Crippen LogP contribution < -0.4 is 10.1 Å². The van der Waals surface area contributed by atoms with Crippen LogP contribution in [0.4, 0.5) is 0 Å². The number of hydrogen-bond acceptors (Lipinski definition) is 7. The first-order valence-electron chi connectivity index (χ1n) is 10.8. The maximum atomic E-state index is 11.8. The smallest absolute Gasteiger partial charge is 0.273 e. The number of carbonyl (C=O) groups excluding carboxylic acids is 1. The second-order valence-corrected chi connectivity index (χ2v) is 9.68. The highest BCUT2D eigenvalue weighted by atomic mass is 35.5. The molecule has 0 bridgehead atoms. The highest BCUT2D eigenvalue weighted by Gasteiger charge is 2.19. The van der Waals surface area contributed by atoms with Crippen molar-refractivity contribution in [2.45, 2.75) is 6.92 Å². The molecule has 1 aromatic heterocycles. The molecule has 0 aliphatic rings. The van der Waals surface area contributed by atoms with Crippen molar-refractivity contribution in [3.63, 3.8) is 0 Å². The summed E-state index contributed by atoms with van der Waals surface area (Å²) in [5.41, 5.74) is 1.40. The Morgan fingerprint density at radius 1 is 1.05 bits per heavy atom. The molecule has 40 heavy (non-hydrogen) atoms. The summed E-state index contributed by atoms with van der Waals surface area (Å²) in [5.74, 6) is 0.0625. The van der Waals surface area contributed by atoms with Crippen LogP contribution in [0.2, 0.25) is 30.1 Å². The van der Waals surface area contributed by atoms with E-state index in [0.29, 0.717) is 27.2 Å². The van der Waals surface area contributed by atoms with Gasteiger partial charge < -0.3 is 14.9 Å². The summed E-state index contributed by atoms with van der Waals surface area (Å²) < 4.78 is 7.17. The molecule has 0 radical (unpaired) electrons. The summed E-state index contributed by atoms with van der Waals surface area (Å²) in [7, 11) is 2.90. The van der Waals surface area contributed by atoms with Gasteiger partial charge in [-0.05, 0) is 36.8 Å². The Labute approximate surface area is 260 Å². The van der Waals surface area contributed by atoms with Crippen LogP contribution in [-0.4, -0.2) is 42.2 Å². The van der Waals surface area contributed by atoms with Gasteiger partial charge in [-0.2, -0.15) is 10.5 Å². The van der Waals surface area contributed by atoms with Crippen molar-refractivity contribution >= 4 is 81.2 Å². The minimum Gasteiger partial charge on any atom is -0.472 e. The van der Waals surface area contributed by atoms with Gasteiger partial charge in [0.25, 0.3) is 5.91 Å². The molecule has 9 nitrogen and oxygen atoms in total. The molecule has 1 N–H and O–H groups in total. The van der Waals surface area contributed by atoms with Gasteiger partial charge in [0.2, 0.25) is 5.88 Å². The average Bonchev–Trinajstić information content (AvgIpc) is 3.39. The summed E-state index contributed by atoms with van der Waals surface area (Å²) in [6, 6.07) is 10.3. The molecular weight excluding hydrogens is 645 g/mol. The molecule has 0 aliphatic heterocycles. The number of nitriles is 2. The summed E-state index contributed by atoms with van der Waals surface area (Å²) in [6.07, 6.45) is 3.44. The largest absolute Gasteiger partial charge is 0.472 e. The van der Waals surface area contributed by atoms with Crippen LogP contribution in [0.5, 0.6) is 5.88 Å². The molecule has 208 valence electrons. The van der Waals surface area contributed by atoms with Crippen molar-refractivity contribution in [3.8, 4) is 23.7 Å². The fourth-order valence-electron chi connectivity index (χ4n) is 2.87. The van der Waals surface area contributed by atoms with Gasteiger partial charge in [-0.1, -0.05) is 74.8 Å². The predicted molar refractivity (Wildman–Crippen MR) is 157 cm³/mol. The van der Waals surface area contributed by atoms with E-state index in [1.165, 1.54) is 14.2 Å². The van der Waals surface area contributed by atoms with Gasteiger partial charge in [0, 0.05) is 24.3 Å². The predicted octanol–water partition coefficient (Wildman–Crippen LogP) is 7.30. The van der Waals surface area contributed by atoms with Gasteiger partial charge in [-0.3, -0.25) is 4.79 Å². The molecule has 0 saturated carbocycles. The molecule has 0 atom stereocenters. The Hall–Kier alpha value is -3.15. The van der Waals surface area contributed by atoms with Crippen molar-refractivity contribution in [2.75, 3.05) is 20.8 Å². The van der Waals surface area contributed by atoms with Crippen LogP contribution in [0.3, 0.4) is 0 Å². The summed E-state index contributed by atoms with van der Waals surface area (Å²) >= 11 is 34.9. The molecule has 0 fully saturated rings. The average molecular weight is 663 g/mol. The normalized spacial score (nSPS) is 11.1. The van der Waals surface area contributed by atoms with Crippen molar-refractivity contribution < 1.29 is 14.4 Å². The van der Waals surface area contributed by atoms with E-state index in [1.54, 1.807) is 60.3 Å². The Balaban J connectivity index is 0.000000337. The third-order valence-corrected chi connectivity index (χ3v) is 7.07. The lowest BCUT2D eigenvalue weighted by Crippen LogP contribution is -2.28.